The number of aliphatic carboxylic acids is 1. The number of hydrogen-bond donors (Lipinski definition) is 3. The number of urea groups is 1. The number of hydrogen-bond acceptors (Lipinski definition) is 3. The van der Waals surface area contributed by atoms with Crippen molar-refractivity contribution in [3.63, 3.8) is 0 Å². The second-order valence-electron chi connectivity index (χ2n) is 4.11. The fraction of sp³-hybridized carbons (Fsp3) is 0.308. The van der Waals surface area contributed by atoms with E-state index < -0.39 is 17.9 Å². The molecule has 0 fully saturated rings. The molecule has 1 aromatic rings. The van der Waals surface area contributed by atoms with E-state index in [1.165, 1.54) is 0 Å². The molecule has 0 bridgehead atoms. The van der Waals surface area contributed by atoms with Crippen LogP contribution in [0.2, 0.25) is 0 Å². The Kier molecular flexibility index (Phi) is 6.72. The SMILES string of the molecule is O=C(O)CCCC(=O)NC(=O)NCc1cccc(Br)c1. The van der Waals surface area contributed by atoms with Gasteiger partial charge in [-0.05, 0) is 24.1 Å². The van der Waals surface area contributed by atoms with Crippen molar-refractivity contribution in [2.45, 2.75) is 25.8 Å². The Morgan fingerprint density at radius 2 is 1.95 bits per heavy atom. The van der Waals surface area contributed by atoms with Crippen LogP contribution < -0.4 is 10.6 Å². The highest BCUT2D eigenvalue weighted by atomic mass is 79.9. The molecule has 0 aliphatic carbocycles. The van der Waals surface area contributed by atoms with Gasteiger partial charge < -0.3 is 10.4 Å². The summed E-state index contributed by atoms with van der Waals surface area (Å²) < 4.78 is 0.905. The predicted molar refractivity (Wildman–Crippen MR) is 76.0 cm³/mol. The first-order chi connectivity index (χ1) is 9.47. The van der Waals surface area contributed by atoms with Crippen molar-refractivity contribution in [3.05, 3.63) is 34.3 Å². The molecule has 7 heteroatoms. The smallest absolute Gasteiger partial charge is 0.321 e. The molecule has 0 heterocycles. The summed E-state index contributed by atoms with van der Waals surface area (Å²) in [6.07, 6.45) is 0.129. The maximum absolute atomic E-state index is 11.4. The monoisotopic (exact) mass is 342 g/mol. The average Bonchev–Trinajstić information content (AvgIpc) is 2.36. The zero-order valence-electron chi connectivity index (χ0n) is 10.7. The molecular formula is C13H15BrN2O4. The molecule has 0 radical (unpaired) electrons. The molecule has 3 N–H and O–H groups in total. The molecule has 0 unspecified atom stereocenters. The van der Waals surface area contributed by atoms with Crippen LogP contribution >= 0.6 is 15.9 Å². The number of nitrogens with one attached hydrogen (secondary N) is 2. The number of carboxylic acid groups (broad SMARTS) is 1. The Hall–Kier alpha value is -1.89. The lowest BCUT2D eigenvalue weighted by molar-refractivity contribution is -0.137. The van der Waals surface area contributed by atoms with Crippen LogP contribution in [0.15, 0.2) is 28.7 Å². The van der Waals surface area contributed by atoms with Crippen LogP contribution in [-0.4, -0.2) is 23.0 Å². The van der Waals surface area contributed by atoms with Gasteiger partial charge in [0.1, 0.15) is 0 Å². The van der Waals surface area contributed by atoms with Crippen LogP contribution in [0.3, 0.4) is 0 Å². The molecule has 0 saturated heterocycles. The number of halogens is 1. The Balaban J connectivity index is 2.26. The van der Waals surface area contributed by atoms with Gasteiger partial charge in [-0.3, -0.25) is 14.9 Å². The summed E-state index contributed by atoms with van der Waals surface area (Å²) in [5.74, 6) is -1.45. The average molecular weight is 343 g/mol. The van der Waals surface area contributed by atoms with E-state index in [0.717, 1.165) is 10.0 Å². The van der Waals surface area contributed by atoms with Crippen LogP contribution in [0, 0.1) is 0 Å². The highest BCUT2D eigenvalue weighted by molar-refractivity contribution is 9.10. The maximum atomic E-state index is 11.4. The molecule has 108 valence electrons. The highest BCUT2D eigenvalue weighted by Crippen LogP contribution is 2.11. The number of rotatable bonds is 6. The van der Waals surface area contributed by atoms with Crippen molar-refractivity contribution in [1.29, 1.82) is 0 Å². The molecule has 0 spiro atoms. The van der Waals surface area contributed by atoms with E-state index in [0.29, 0.717) is 6.54 Å². The van der Waals surface area contributed by atoms with Gasteiger partial charge in [0.2, 0.25) is 5.91 Å². The van der Waals surface area contributed by atoms with Crippen LogP contribution in [0.1, 0.15) is 24.8 Å². The molecule has 0 aliphatic heterocycles. The second-order valence-corrected chi connectivity index (χ2v) is 5.02. The standard InChI is InChI=1S/C13H15BrN2O4/c14-10-4-1-3-9(7-10)8-15-13(20)16-11(17)5-2-6-12(18)19/h1,3-4,7H,2,5-6,8H2,(H,18,19)(H2,15,16,17,20). The lowest BCUT2D eigenvalue weighted by Crippen LogP contribution is -2.39. The summed E-state index contributed by atoms with van der Waals surface area (Å²) in [5, 5.41) is 13.1. The van der Waals surface area contributed by atoms with Crippen molar-refractivity contribution in [1.82, 2.24) is 10.6 Å². The lowest BCUT2D eigenvalue weighted by atomic mass is 10.2. The molecular weight excluding hydrogens is 328 g/mol. The van der Waals surface area contributed by atoms with Gasteiger partial charge in [0.25, 0.3) is 0 Å². The Morgan fingerprint density at radius 1 is 1.20 bits per heavy atom. The van der Waals surface area contributed by atoms with Crippen molar-refractivity contribution in [2.75, 3.05) is 0 Å². The van der Waals surface area contributed by atoms with Gasteiger partial charge in [0, 0.05) is 23.9 Å². The summed E-state index contributed by atoms with van der Waals surface area (Å²) >= 11 is 3.32. The van der Waals surface area contributed by atoms with Crippen molar-refractivity contribution in [3.8, 4) is 0 Å². The maximum Gasteiger partial charge on any atom is 0.321 e. The summed E-state index contributed by atoms with van der Waals surface area (Å²) in [4.78, 5) is 33.0. The zero-order chi connectivity index (χ0) is 15.0. The zero-order valence-corrected chi connectivity index (χ0v) is 12.3. The molecule has 0 aromatic heterocycles. The number of imide groups is 1. The molecule has 0 atom stereocenters. The van der Waals surface area contributed by atoms with Crippen LogP contribution in [0.25, 0.3) is 0 Å². The van der Waals surface area contributed by atoms with E-state index in [-0.39, 0.29) is 19.3 Å². The largest absolute Gasteiger partial charge is 0.481 e. The quantitative estimate of drug-likeness (QED) is 0.736. The van der Waals surface area contributed by atoms with Crippen molar-refractivity contribution in [2.24, 2.45) is 0 Å². The Bertz CT molecular complexity index is 505. The first-order valence-electron chi connectivity index (χ1n) is 6.01. The molecule has 0 aliphatic rings. The minimum absolute atomic E-state index is 0.0105. The minimum Gasteiger partial charge on any atom is -0.481 e. The van der Waals surface area contributed by atoms with Gasteiger partial charge in [-0.25, -0.2) is 4.79 Å². The van der Waals surface area contributed by atoms with Gasteiger partial charge in [0.15, 0.2) is 0 Å². The Labute approximate surface area is 124 Å². The van der Waals surface area contributed by atoms with E-state index in [1.54, 1.807) is 0 Å². The van der Waals surface area contributed by atoms with E-state index in [4.69, 9.17) is 5.11 Å². The molecule has 1 aromatic carbocycles. The molecule has 0 saturated carbocycles. The van der Waals surface area contributed by atoms with Gasteiger partial charge in [-0.2, -0.15) is 0 Å². The van der Waals surface area contributed by atoms with E-state index in [2.05, 4.69) is 26.6 Å². The van der Waals surface area contributed by atoms with Gasteiger partial charge in [-0.15, -0.1) is 0 Å². The van der Waals surface area contributed by atoms with E-state index in [9.17, 15) is 14.4 Å². The molecule has 1 rings (SSSR count). The second kappa shape index (κ2) is 8.31. The third-order valence-corrected chi connectivity index (χ3v) is 2.88. The van der Waals surface area contributed by atoms with Gasteiger partial charge in [-0.1, -0.05) is 28.1 Å². The van der Waals surface area contributed by atoms with E-state index >= 15 is 0 Å². The fourth-order valence-corrected chi connectivity index (χ4v) is 1.91. The topological polar surface area (TPSA) is 95.5 Å². The van der Waals surface area contributed by atoms with Crippen LogP contribution in [0.5, 0.6) is 0 Å². The molecule has 6 nitrogen and oxygen atoms in total. The summed E-state index contributed by atoms with van der Waals surface area (Å²) in [7, 11) is 0. The number of benzene rings is 1. The third-order valence-electron chi connectivity index (χ3n) is 2.39. The summed E-state index contributed by atoms with van der Waals surface area (Å²) in [5.41, 5.74) is 0.896. The fourth-order valence-electron chi connectivity index (χ4n) is 1.46. The van der Waals surface area contributed by atoms with Gasteiger partial charge in [0.05, 0.1) is 0 Å². The third kappa shape index (κ3) is 6.89. The number of carbonyl (C=O) groups is 3. The van der Waals surface area contributed by atoms with Crippen LogP contribution in [-0.2, 0) is 16.1 Å². The number of carbonyl (C=O) groups excluding carboxylic acids is 2. The lowest BCUT2D eigenvalue weighted by Gasteiger charge is -2.07. The summed E-state index contributed by atoms with van der Waals surface area (Å²) in [6.45, 7) is 0.299. The first-order valence-corrected chi connectivity index (χ1v) is 6.80. The predicted octanol–water partition coefficient (Wildman–Crippen LogP) is 2.03. The van der Waals surface area contributed by atoms with Gasteiger partial charge >= 0.3 is 12.0 Å². The molecule has 20 heavy (non-hydrogen) atoms. The Morgan fingerprint density at radius 3 is 2.60 bits per heavy atom. The van der Waals surface area contributed by atoms with Crippen molar-refractivity contribution >= 4 is 33.8 Å². The summed E-state index contributed by atoms with van der Waals surface area (Å²) in [6, 6.07) is 6.82. The normalized spacial score (nSPS) is 9.85. The number of carboxylic acids is 1. The van der Waals surface area contributed by atoms with E-state index in [1.807, 2.05) is 24.3 Å². The minimum atomic E-state index is -0.961. The first kappa shape index (κ1) is 16.2. The van der Waals surface area contributed by atoms with Crippen LogP contribution in [0.4, 0.5) is 4.79 Å². The highest BCUT2D eigenvalue weighted by Gasteiger charge is 2.08. The number of amides is 3. The van der Waals surface area contributed by atoms with Crippen molar-refractivity contribution < 1.29 is 19.5 Å². The molecule has 3 amide bonds.